The molecule has 1 fully saturated rings. The first-order chi connectivity index (χ1) is 10.8. The summed E-state index contributed by atoms with van der Waals surface area (Å²) >= 11 is 0. The number of aryl methyl sites for hydroxylation is 1. The number of rotatable bonds is 6. The van der Waals surface area contributed by atoms with Crippen LogP contribution in [0.3, 0.4) is 0 Å². The highest BCUT2D eigenvalue weighted by atomic mass is 16.5. The molecule has 5 nitrogen and oxygen atoms in total. The summed E-state index contributed by atoms with van der Waals surface area (Å²) in [5.74, 6) is 0.637. The summed E-state index contributed by atoms with van der Waals surface area (Å²) in [5.41, 5.74) is 7.15. The average Bonchev–Trinajstić information content (AvgIpc) is 2.52. The van der Waals surface area contributed by atoms with Crippen molar-refractivity contribution >= 4 is 5.91 Å². The van der Waals surface area contributed by atoms with Crippen molar-refractivity contribution in [3.8, 4) is 5.75 Å². The first-order valence-electron chi connectivity index (χ1n) is 8.08. The fourth-order valence-corrected chi connectivity index (χ4v) is 3.15. The van der Waals surface area contributed by atoms with Gasteiger partial charge in [-0.05, 0) is 25.5 Å². The molecule has 0 aliphatic heterocycles. The fraction of sp³-hybridized carbons (Fsp3) is 0.611. The minimum atomic E-state index is -0.898. The topological polar surface area (TPSA) is 73.6 Å². The molecule has 3 N–H and O–H groups in total. The van der Waals surface area contributed by atoms with Gasteiger partial charge in [-0.15, -0.1) is 0 Å². The highest BCUT2D eigenvalue weighted by Crippen LogP contribution is 2.49. The van der Waals surface area contributed by atoms with E-state index >= 15 is 0 Å². The maximum atomic E-state index is 12.6. The van der Waals surface area contributed by atoms with Crippen LogP contribution in [0.2, 0.25) is 0 Å². The van der Waals surface area contributed by atoms with Gasteiger partial charge in [0.15, 0.2) is 0 Å². The van der Waals surface area contributed by atoms with E-state index in [0.29, 0.717) is 19.6 Å². The van der Waals surface area contributed by atoms with Crippen LogP contribution in [0.25, 0.3) is 0 Å². The van der Waals surface area contributed by atoms with E-state index in [1.165, 1.54) is 0 Å². The summed E-state index contributed by atoms with van der Waals surface area (Å²) in [6, 6.07) is 5.92. The molecule has 2 unspecified atom stereocenters. The van der Waals surface area contributed by atoms with Crippen molar-refractivity contribution in [2.75, 3.05) is 13.7 Å². The van der Waals surface area contributed by atoms with Crippen molar-refractivity contribution in [2.45, 2.75) is 52.3 Å². The molecular weight excluding hydrogens is 292 g/mol. The van der Waals surface area contributed by atoms with E-state index in [1.54, 1.807) is 7.11 Å². The number of nitrogens with two attached hydrogens (primary N) is 1. The molecule has 1 saturated carbocycles. The molecule has 1 aliphatic rings. The molecule has 0 heterocycles. The lowest BCUT2D eigenvalue weighted by Crippen LogP contribution is -2.75. The number of hydrogen-bond acceptors (Lipinski definition) is 4. The largest absolute Gasteiger partial charge is 0.496 e. The van der Waals surface area contributed by atoms with Crippen LogP contribution in [0.4, 0.5) is 0 Å². The molecule has 1 aromatic carbocycles. The lowest BCUT2D eigenvalue weighted by atomic mass is 9.54. The second-order valence-electron chi connectivity index (χ2n) is 6.84. The van der Waals surface area contributed by atoms with Gasteiger partial charge in [-0.1, -0.05) is 26.0 Å². The number of carbonyl (C=O) groups is 1. The van der Waals surface area contributed by atoms with E-state index in [0.717, 1.165) is 16.9 Å². The first kappa shape index (κ1) is 17.8. The molecule has 0 spiro atoms. The van der Waals surface area contributed by atoms with Crippen molar-refractivity contribution in [3.05, 3.63) is 29.3 Å². The average molecular weight is 320 g/mol. The summed E-state index contributed by atoms with van der Waals surface area (Å²) in [6.07, 6.45) is 0.571. The predicted molar refractivity (Wildman–Crippen MR) is 90.3 cm³/mol. The molecule has 0 bridgehead atoms. The molecule has 1 amide bonds. The van der Waals surface area contributed by atoms with Crippen molar-refractivity contribution in [2.24, 2.45) is 11.1 Å². The Hall–Kier alpha value is -1.59. The molecule has 0 aromatic heterocycles. The Morgan fingerprint density at radius 2 is 2.13 bits per heavy atom. The van der Waals surface area contributed by atoms with Gasteiger partial charge in [0.1, 0.15) is 11.3 Å². The third-order valence-corrected chi connectivity index (χ3v) is 5.12. The van der Waals surface area contributed by atoms with Crippen LogP contribution in [-0.2, 0) is 16.1 Å². The molecule has 128 valence electrons. The number of carbonyl (C=O) groups excluding carboxylic acids is 1. The van der Waals surface area contributed by atoms with E-state index < -0.39 is 5.54 Å². The highest BCUT2D eigenvalue weighted by Gasteiger charge is 2.62. The van der Waals surface area contributed by atoms with Gasteiger partial charge in [0, 0.05) is 30.6 Å². The molecule has 1 aromatic rings. The molecule has 1 aliphatic carbocycles. The number of benzene rings is 1. The SMILES string of the molecule is CCOC1CC(N)(C(=O)NCc2ccc(C)cc2OC)C1(C)C. The molecular formula is C18H28N2O3. The van der Waals surface area contributed by atoms with Crippen molar-refractivity contribution < 1.29 is 14.3 Å². The Morgan fingerprint density at radius 3 is 2.70 bits per heavy atom. The minimum absolute atomic E-state index is 0.0251. The summed E-state index contributed by atoms with van der Waals surface area (Å²) in [4.78, 5) is 12.6. The Morgan fingerprint density at radius 1 is 1.43 bits per heavy atom. The maximum absolute atomic E-state index is 12.6. The number of methoxy groups -OCH3 is 1. The Kier molecular flexibility index (Phi) is 5.01. The van der Waals surface area contributed by atoms with Crippen LogP contribution in [-0.4, -0.2) is 31.3 Å². The monoisotopic (exact) mass is 320 g/mol. The molecule has 0 saturated heterocycles. The smallest absolute Gasteiger partial charge is 0.241 e. The molecule has 2 rings (SSSR count). The molecule has 2 atom stereocenters. The van der Waals surface area contributed by atoms with Gasteiger partial charge in [0.05, 0.1) is 13.2 Å². The summed E-state index contributed by atoms with van der Waals surface area (Å²) in [7, 11) is 1.63. The van der Waals surface area contributed by atoms with E-state index in [2.05, 4.69) is 5.32 Å². The van der Waals surface area contributed by atoms with E-state index in [1.807, 2.05) is 45.9 Å². The zero-order chi connectivity index (χ0) is 17.3. The van der Waals surface area contributed by atoms with E-state index in [4.69, 9.17) is 15.2 Å². The number of nitrogens with one attached hydrogen (secondary N) is 1. The van der Waals surface area contributed by atoms with Crippen LogP contribution < -0.4 is 15.8 Å². The Bertz CT molecular complexity index is 586. The molecule has 0 radical (unpaired) electrons. The zero-order valence-electron chi connectivity index (χ0n) is 14.7. The second kappa shape index (κ2) is 6.49. The summed E-state index contributed by atoms with van der Waals surface area (Å²) in [6.45, 7) is 8.97. The predicted octanol–water partition coefficient (Wildman–Crippen LogP) is 2.15. The minimum Gasteiger partial charge on any atom is -0.496 e. The van der Waals surface area contributed by atoms with E-state index in [9.17, 15) is 4.79 Å². The molecule has 5 heteroatoms. The third-order valence-electron chi connectivity index (χ3n) is 5.12. The summed E-state index contributed by atoms with van der Waals surface area (Å²) < 4.78 is 11.0. The lowest BCUT2D eigenvalue weighted by Gasteiger charge is -2.57. The number of amides is 1. The lowest BCUT2D eigenvalue weighted by molar-refractivity contribution is -0.170. The summed E-state index contributed by atoms with van der Waals surface area (Å²) in [5, 5.41) is 2.95. The van der Waals surface area contributed by atoms with Crippen molar-refractivity contribution in [3.63, 3.8) is 0 Å². The molecule has 23 heavy (non-hydrogen) atoms. The van der Waals surface area contributed by atoms with Crippen LogP contribution >= 0.6 is 0 Å². The third kappa shape index (κ3) is 3.08. The van der Waals surface area contributed by atoms with Gasteiger partial charge in [-0.3, -0.25) is 4.79 Å². The Labute approximate surface area is 138 Å². The van der Waals surface area contributed by atoms with Crippen LogP contribution in [0.1, 0.15) is 38.3 Å². The van der Waals surface area contributed by atoms with Gasteiger partial charge in [0.2, 0.25) is 5.91 Å². The number of ether oxygens (including phenoxy) is 2. The van der Waals surface area contributed by atoms with Crippen LogP contribution in [0, 0.1) is 12.3 Å². The van der Waals surface area contributed by atoms with Gasteiger partial charge in [-0.2, -0.15) is 0 Å². The Balaban J connectivity index is 2.03. The standard InChI is InChI=1S/C18H28N2O3/c1-6-23-15-10-18(19,17(15,3)4)16(21)20-11-13-8-7-12(2)9-14(13)22-5/h7-9,15H,6,10-11,19H2,1-5H3,(H,20,21). The normalized spacial score (nSPS) is 25.6. The van der Waals surface area contributed by atoms with Gasteiger partial charge in [-0.25, -0.2) is 0 Å². The maximum Gasteiger partial charge on any atom is 0.241 e. The fourth-order valence-electron chi connectivity index (χ4n) is 3.15. The number of hydrogen-bond donors (Lipinski definition) is 2. The van der Waals surface area contributed by atoms with Crippen molar-refractivity contribution in [1.29, 1.82) is 0 Å². The highest BCUT2D eigenvalue weighted by molar-refractivity contribution is 5.88. The van der Waals surface area contributed by atoms with Gasteiger partial charge < -0.3 is 20.5 Å². The zero-order valence-corrected chi connectivity index (χ0v) is 14.7. The van der Waals surface area contributed by atoms with Gasteiger partial charge >= 0.3 is 0 Å². The van der Waals surface area contributed by atoms with Crippen LogP contribution in [0.5, 0.6) is 5.75 Å². The second-order valence-corrected chi connectivity index (χ2v) is 6.84. The van der Waals surface area contributed by atoms with Gasteiger partial charge in [0.25, 0.3) is 0 Å². The van der Waals surface area contributed by atoms with E-state index in [-0.39, 0.29) is 17.4 Å². The van der Waals surface area contributed by atoms with Crippen molar-refractivity contribution in [1.82, 2.24) is 5.32 Å². The van der Waals surface area contributed by atoms with Crippen LogP contribution in [0.15, 0.2) is 18.2 Å². The first-order valence-corrected chi connectivity index (χ1v) is 8.08. The quantitative estimate of drug-likeness (QED) is 0.842.